The van der Waals surface area contributed by atoms with E-state index in [1.54, 1.807) is 19.1 Å². The van der Waals surface area contributed by atoms with Crippen LogP contribution in [0.4, 0.5) is 18.9 Å². The summed E-state index contributed by atoms with van der Waals surface area (Å²) < 4.78 is 53.3. The number of ether oxygens (including phenoxy) is 3. The van der Waals surface area contributed by atoms with Gasteiger partial charge in [0.2, 0.25) is 0 Å². The highest BCUT2D eigenvalue weighted by atomic mass is 19.4. The van der Waals surface area contributed by atoms with Gasteiger partial charge in [0.05, 0.1) is 12.3 Å². The summed E-state index contributed by atoms with van der Waals surface area (Å²) in [7, 11) is 0. The van der Waals surface area contributed by atoms with Crippen LogP contribution in [-0.4, -0.2) is 32.0 Å². The normalized spacial score (nSPS) is 11.7. The molecule has 0 aromatic heterocycles. The van der Waals surface area contributed by atoms with Gasteiger partial charge in [0.1, 0.15) is 18.0 Å². The molecule has 0 unspecified atom stereocenters. The Morgan fingerprint density at radius 3 is 2.03 bits per heavy atom. The number of benzene rings is 3. The van der Waals surface area contributed by atoms with E-state index in [1.165, 1.54) is 12.1 Å². The number of anilines is 1. The van der Waals surface area contributed by atoms with E-state index < -0.39 is 6.36 Å². The van der Waals surface area contributed by atoms with Crippen molar-refractivity contribution in [2.45, 2.75) is 59.2 Å². The standard InChI is InChI=1S/C31H36F3NO4/c1-6-8-19-35(21-29(36)37-7-2)27-18-11-23(22-9-14-26(15-10-22)39-31(32,33)34)20-28(27)38-25-16-12-24(13-17-25)30(3,4)5/h9-18,20H,6-8,19,21H2,1-5H3. The second-order valence-electron chi connectivity index (χ2n) is 10.2. The third-order valence-electron chi connectivity index (χ3n) is 6.08. The highest BCUT2D eigenvalue weighted by Gasteiger charge is 2.31. The number of rotatable bonds is 11. The van der Waals surface area contributed by atoms with Crippen molar-refractivity contribution in [1.29, 1.82) is 0 Å². The molecule has 0 aliphatic heterocycles. The fraction of sp³-hybridized carbons (Fsp3) is 0.387. The molecule has 0 aliphatic carbocycles. The Hall–Kier alpha value is -3.68. The lowest BCUT2D eigenvalue weighted by Gasteiger charge is -2.26. The Balaban J connectivity index is 2.01. The van der Waals surface area contributed by atoms with Crippen molar-refractivity contribution >= 4 is 11.7 Å². The Morgan fingerprint density at radius 1 is 0.846 bits per heavy atom. The zero-order valence-electron chi connectivity index (χ0n) is 23.1. The molecule has 3 rings (SSSR count). The summed E-state index contributed by atoms with van der Waals surface area (Å²) in [6, 6.07) is 19.1. The zero-order chi connectivity index (χ0) is 28.6. The minimum absolute atomic E-state index is 0.0117. The third-order valence-corrected chi connectivity index (χ3v) is 6.08. The van der Waals surface area contributed by atoms with E-state index in [2.05, 4.69) is 32.4 Å². The van der Waals surface area contributed by atoms with E-state index >= 15 is 0 Å². The number of carbonyl (C=O) groups is 1. The monoisotopic (exact) mass is 543 g/mol. The molecule has 0 aliphatic rings. The molecule has 0 radical (unpaired) electrons. The Kier molecular flexibility index (Phi) is 9.89. The maximum Gasteiger partial charge on any atom is 0.573 e. The quantitative estimate of drug-likeness (QED) is 0.227. The third kappa shape index (κ3) is 8.94. The minimum Gasteiger partial charge on any atom is -0.465 e. The molecule has 0 saturated heterocycles. The number of halogens is 3. The second kappa shape index (κ2) is 12.9. The van der Waals surface area contributed by atoms with Crippen molar-refractivity contribution in [3.05, 3.63) is 72.3 Å². The van der Waals surface area contributed by atoms with Crippen LogP contribution in [0, 0.1) is 0 Å². The molecule has 0 saturated carbocycles. The van der Waals surface area contributed by atoms with E-state index in [0.717, 1.165) is 29.7 Å². The van der Waals surface area contributed by atoms with Crippen LogP contribution >= 0.6 is 0 Å². The molecule has 0 bridgehead atoms. The van der Waals surface area contributed by atoms with E-state index in [9.17, 15) is 18.0 Å². The van der Waals surface area contributed by atoms with E-state index in [1.807, 2.05) is 47.4 Å². The summed E-state index contributed by atoms with van der Waals surface area (Å²) in [5.74, 6) is 0.519. The number of esters is 1. The van der Waals surface area contributed by atoms with Crippen molar-refractivity contribution in [3.63, 3.8) is 0 Å². The maximum absolute atomic E-state index is 12.6. The van der Waals surface area contributed by atoms with Gasteiger partial charge in [-0.05, 0) is 71.8 Å². The fourth-order valence-corrected chi connectivity index (χ4v) is 4.03. The summed E-state index contributed by atoms with van der Waals surface area (Å²) >= 11 is 0. The predicted octanol–water partition coefficient (Wildman–Crippen LogP) is 8.51. The topological polar surface area (TPSA) is 48.0 Å². The Bertz CT molecular complexity index is 1220. The molecular weight excluding hydrogens is 507 g/mol. The molecule has 0 atom stereocenters. The Morgan fingerprint density at radius 2 is 1.46 bits per heavy atom. The van der Waals surface area contributed by atoms with Crippen molar-refractivity contribution in [2.24, 2.45) is 0 Å². The first-order chi connectivity index (χ1) is 18.4. The minimum atomic E-state index is -4.76. The number of unbranched alkanes of at least 4 members (excludes halogenated alkanes) is 1. The van der Waals surface area contributed by atoms with Gasteiger partial charge in [-0.25, -0.2) is 0 Å². The van der Waals surface area contributed by atoms with Gasteiger partial charge in [-0.15, -0.1) is 13.2 Å². The molecule has 0 amide bonds. The lowest BCUT2D eigenvalue weighted by atomic mass is 9.87. The van der Waals surface area contributed by atoms with Crippen molar-refractivity contribution < 1.29 is 32.2 Å². The smallest absolute Gasteiger partial charge is 0.465 e. The molecule has 0 N–H and O–H groups in total. The zero-order valence-corrected chi connectivity index (χ0v) is 23.1. The SMILES string of the molecule is CCCCN(CC(=O)OCC)c1ccc(-c2ccc(OC(F)(F)F)cc2)cc1Oc1ccc(C(C)(C)C)cc1. The highest BCUT2D eigenvalue weighted by molar-refractivity contribution is 5.79. The molecule has 0 heterocycles. The summed E-state index contributed by atoms with van der Waals surface area (Å²) in [5, 5.41) is 0. The summed E-state index contributed by atoms with van der Waals surface area (Å²) in [5.41, 5.74) is 3.30. The van der Waals surface area contributed by atoms with Gasteiger partial charge in [-0.2, -0.15) is 0 Å². The second-order valence-corrected chi connectivity index (χ2v) is 10.2. The number of alkyl halides is 3. The van der Waals surface area contributed by atoms with Gasteiger partial charge in [-0.3, -0.25) is 4.79 Å². The van der Waals surface area contributed by atoms with Crippen molar-refractivity contribution in [2.75, 3.05) is 24.6 Å². The van der Waals surface area contributed by atoms with Crippen LogP contribution in [0.2, 0.25) is 0 Å². The molecular formula is C31H36F3NO4. The van der Waals surface area contributed by atoms with Gasteiger partial charge in [0.15, 0.2) is 5.75 Å². The van der Waals surface area contributed by atoms with Crippen LogP contribution < -0.4 is 14.4 Å². The van der Waals surface area contributed by atoms with Gasteiger partial charge in [-0.1, -0.05) is 64.4 Å². The average molecular weight is 544 g/mol. The molecule has 5 nitrogen and oxygen atoms in total. The van der Waals surface area contributed by atoms with Crippen molar-refractivity contribution in [1.82, 2.24) is 0 Å². The largest absolute Gasteiger partial charge is 0.573 e. The molecule has 3 aromatic rings. The first-order valence-corrected chi connectivity index (χ1v) is 13.1. The van der Waals surface area contributed by atoms with E-state index in [0.29, 0.717) is 23.6 Å². The predicted molar refractivity (Wildman–Crippen MR) is 148 cm³/mol. The van der Waals surface area contributed by atoms with Crippen LogP contribution in [-0.2, 0) is 14.9 Å². The molecule has 0 spiro atoms. The van der Waals surface area contributed by atoms with E-state index in [4.69, 9.17) is 9.47 Å². The van der Waals surface area contributed by atoms with Gasteiger partial charge in [0.25, 0.3) is 0 Å². The van der Waals surface area contributed by atoms with Crippen LogP contribution in [0.15, 0.2) is 66.7 Å². The maximum atomic E-state index is 12.6. The highest BCUT2D eigenvalue weighted by Crippen LogP contribution is 2.38. The number of hydrogen-bond donors (Lipinski definition) is 0. The van der Waals surface area contributed by atoms with E-state index in [-0.39, 0.29) is 30.3 Å². The molecule has 0 fully saturated rings. The summed E-state index contributed by atoms with van der Waals surface area (Å²) in [6.07, 6.45) is -2.96. The lowest BCUT2D eigenvalue weighted by Crippen LogP contribution is -2.32. The molecule has 39 heavy (non-hydrogen) atoms. The van der Waals surface area contributed by atoms with Crippen LogP contribution in [0.1, 0.15) is 53.0 Å². The Labute approximate surface area is 228 Å². The molecule has 210 valence electrons. The average Bonchev–Trinajstić information content (AvgIpc) is 2.86. The first kappa shape index (κ1) is 29.9. The van der Waals surface area contributed by atoms with Crippen molar-refractivity contribution in [3.8, 4) is 28.4 Å². The van der Waals surface area contributed by atoms with Crippen LogP contribution in [0.25, 0.3) is 11.1 Å². The summed E-state index contributed by atoms with van der Waals surface area (Å²) in [4.78, 5) is 14.3. The number of hydrogen-bond acceptors (Lipinski definition) is 5. The summed E-state index contributed by atoms with van der Waals surface area (Å²) in [6.45, 7) is 11.2. The van der Waals surface area contributed by atoms with Gasteiger partial charge in [0, 0.05) is 6.54 Å². The fourth-order valence-electron chi connectivity index (χ4n) is 4.03. The first-order valence-electron chi connectivity index (χ1n) is 13.1. The van der Waals surface area contributed by atoms with Crippen LogP contribution in [0.5, 0.6) is 17.2 Å². The lowest BCUT2D eigenvalue weighted by molar-refractivity contribution is -0.274. The van der Waals surface area contributed by atoms with Gasteiger partial charge >= 0.3 is 12.3 Å². The molecule has 3 aromatic carbocycles. The molecule has 8 heteroatoms. The van der Waals surface area contributed by atoms with Crippen LogP contribution in [0.3, 0.4) is 0 Å². The number of carbonyl (C=O) groups excluding carboxylic acids is 1. The number of nitrogens with zero attached hydrogens (tertiary/aromatic N) is 1. The van der Waals surface area contributed by atoms with Gasteiger partial charge < -0.3 is 19.1 Å².